The molecule has 1 aromatic rings. The van der Waals surface area contributed by atoms with Crippen molar-refractivity contribution in [2.24, 2.45) is 5.41 Å². The van der Waals surface area contributed by atoms with Crippen LogP contribution in [0.2, 0.25) is 0 Å². The number of hydrogen-bond donors (Lipinski definition) is 1. The summed E-state index contributed by atoms with van der Waals surface area (Å²) in [5, 5.41) is 15.7. The monoisotopic (exact) mass is 301 g/mol. The molecule has 1 aromatic heterocycles. The second kappa shape index (κ2) is 7.58. The van der Waals surface area contributed by atoms with E-state index in [0.29, 0.717) is 23.5 Å². The van der Waals surface area contributed by atoms with E-state index in [1.807, 2.05) is 13.8 Å². The summed E-state index contributed by atoms with van der Waals surface area (Å²) in [5.74, 6) is 0.336. The molecule has 114 valence electrons. The van der Waals surface area contributed by atoms with Gasteiger partial charge in [-0.15, -0.1) is 5.10 Å². The van der Waals surface area contributed by atoms with Gasteiger partial charge in [-0.05, 0) is 24.3 Å². The summed E-state index contributed by atoms with van der Waals surface area (Å²) in [6, 6.07) is 0.431. The van der Waals surface area contributed by atoms with Gasteiger partial charge in [0.15, 0.2) is 0 Å². The van der Waals surface area contributed by atoms with Crippen LogP contribution in [0.3, 0.4) is 0 Å². The standard InChI is InChI=1S/C12H23N5O2S/c1-9(2)13-6-7-17-11(14-15-16-17)20-8-12(3,4)10(18)19-5/h9,13H,6-8H2,1-5H3. The number of tetrazole rings is 1. The third-order valence-electron chi connectivity index (χ3n) is 2.68. The topological polar surface area (TPSA) is 81.9 Å². The minimum absolute atomic E-state index is 0.231. The van der Waals surface area contributed by atoms with Gasteiger partial charge < -0.3 is 10.1 Å². The van der Waals surface area contributed by atoms with Crippen molar-refractivity contribution >= 4 is 17.7 Å². The fraction of sp³-hybridized carbons (Fsp3) is 0.833. The van der Waals surface area contributed by atoms with Crippen molar-refractivity contribution in [1.82, 2.24) is 25.5 Å². The molecule has 8 heteroatoms. The minimum atomic E-state index is -0.563. The zero-order valence-corrected chi connectivity index (χ0v) is 13.5. The number of ether oxygens (including phenoxy) is 1. The van der Waals surface area contributed by atoms with Gasteiger partial charge in [0.2, 0.25) is 5.16 Å². The second-order valence-electron chi connectivity index (χ2n) is 5.46. The Hall–Kier alpha value is -1.15. The molecular formula is C12H23N5O2S. The van der Waals surface area contributed by atoms with Gasteiger partial charge >= 0.3 is 5.97 Å². The zero-order chi connectivity index (χ0) is 15.2. The van der Waals surface area contributed by atoms with E-state index in [0.717, 1.165) is 6.54 Å². The number of methoxy groups -OCH3 is 1. The third-order valence-corrected chi connectivity index (χ3v) is 4.09. The average molecular weight is 301 g/mol. The maximum Gasteiger partial charge on any atom is 0.312 e. The molecule has 0 saturated carbocycles. The number of thioether (sulfide) groups is 1. The summed E-state index contributed by atoms with van der Waals surface area (Å²) in [7, 11) is 1.40. The highest BCUT2D eigenvalue weighted by molar-refractivity contribution is 7.99. The lowest BCUT2D eigenvalue weighted by Gasteiger charge is -2.20. The Morgan fingerprint density at radius 2 is 2.20 bits per heavy atom. The number of aromatic nitrogens is 4. The molecule has 7 nitrogen and oxygen atoms in total. The molecule has 1 heterocycles. The van der Waals surface area contributed by atoms with Gasteiger partial charge in [0.25, 0.3) is 0 Å². The molecule has 0 atom stereocenters. The maximum absolute atomic E-state index is 11.6. The van der Waals surface area contributed by atoms with Crippen molar-refractivity contribution in [2.75, 3.05) is 19.4 Å². The largest absolute Gasteiger partial charge is 0.469 e. The molecule has 0 fully saturated rings. The van der Waals surface area contributed by atoms with Crippen molar-refractivity contribution < 1.29 is 9.53 Å². The molecule has 0 unspecified atom stereocenters. The number of carbonyl (C=O) groups excluding carboxylic acids is 1. The van der Waals surface area contributed by atoms with Crippen molar-refractivity contribution in [1.29, 1.82) is 0 Å². The van der Waals surface area contributed by atoms with Crippen LogP contribution < -0.4 is 5.32 Å². The van der Waals surface area contributed by atoms with Crippen LogP contribution in [-0.4, -0.2) is 51.6 Å². The van der Waals surface area contributed by atoms with Gasteiger partial charge in [0.1, 0.15) is 0 Å². The lowest BCUT2D eigenvalue weighted by Crippen LogP contribution is -2.29. The molecule has 20 heavy (non-hydrogen) atoms. The molecule has 0 aliphatic heterocycles. The van der Waals surface area contributed by atoms with Crippen LogP contribution in [0.15, 0.2) is 5.16 Å². The van der Waals surface area contributed by atoms with E-state index >= 15 is 0 Å². The Morgan fingerprint density at radius 1 is 1.50 bits per heavy atom. The van der Waals surface area contributed by atoms with Crippen LogP contribution >= 0.6 is 11.8 Å². The molecule has 0 saturated heterocycles. The smallest absolute Gasteiger partial charge is 0.312 e. The van der Waals surface area contributed by atoms with Gasteiger partial charge in [-0.2, -0.15) is 0 Å². The van der Waals surface area contributed by atoms with E-state index in [4.69, 9.17) is 4.74 Å². The minimum Gasteiger partial charge on any atom is -0.469 e. The predicted octanol–water partition coefficient (Wildman–Crippen LogP) is 0.962. The molecule has 0 bridgehead atoms. The van der Waals surface area contributed by atoms with E-state index in [1.54, 1.807) is 4.68 Å². The number of nitrogens with one attached hydrogen (secondary N) is 1. The lowest BCUT2D eigenvalue weighted by molar-refractivity contribution is -0.149. The molecule has 0 radical (unpaired) electrons. The Bertz CT molecular complexity index is 433. The Morgan fingerprint density at radius 3 is 2.80 bits per heavy atom. The maximum atomic E-state index is 11.6. The molecular weight excluding hydrogens is 278 g/mol. The Balaban J connectivity index is 2.52. The van der Waals surface area contributed by atoms with Crippen LogP contribution in [0, 0.1) is 5.41 Å². The lowest BCUT2D eigenvalue weighted by atomic mass is 9.97. The van der Waals surface area contributed by atoms with Crippen LogP contribution in [0.5, 0.6) is 0 Å². The summed E-state index contributed by atoms with van der Waals surface area (Å²) in [6.07, 6.45) is 0. The molecule has 1 N–H and O–H groups in total. The number of carbonyl (C=O) groups is 1. The quantitative estimate of drug-likeness (QED) is 0.565. The third kappa shape index (κ3) is 5.09. The van der Waals surface area contributed by atoms with Gasteiger partial charge in [-0.25, -0.2) is 4.68 Å². The first-order chi connectivity index (χ1) is 9.36. The zero-order valence-electron chi connectivity index (χ0n) is 12.7. The van der Waals surface area contributed by atoms with Gasteiger partial charge in [-0.1, -0.05) is 25.6 Å². The SMILES string of the molecule is COC(=O)C(C)(C)CSc1nnnn1CCNC(C)C. The Kier molecular flexibility index (Phi) is 6.41. The van der Waals surface area contributed by atoms with Crippen LogP contribution in [0.1, 0.15) is 27.7 Å². The van der Waals surface area contributed by atoms with Crippen molar-refractivity contribution in [3.05, 3.63) is 0 Å². The van der Waals surface area contributed by atoms with Crippen LogP contribution in [0.25, 0.3) is 0 Å². The van der Waals surface area contributed by atoms with Gasteiger partial charge in [-0.3, -0.25) is 4.79 Å². The van der Waals surface area contributed by atoms with E-state index in [2.05, 4.69) is 34.7 Å². The summed E-state index contributed by atoms with van der Waals surface area (Å²) in [4.78, 5) is 11.6. The first-order valence-corrected chi connectivity index (χ1v) is 7.56. The van der Waals surface area contributed by atoms with E-state index in [-0.39, 0.29) is 5.97 Å². The summed E-state index contributed by atoms with van der Waals surface area (Å²) in [6.45, 7) is 9.38. The molecule has 0 spiro atoms. The summed E-state index contributed by atoms with van der Waals surface area (Å²) >= 11 is 1.46. The van der Waals surface area contributed by atoms with Crippen molar-refractivity contribution in [3.63, 3.8) is 0 Å². The van der Waals surface area contributed by atoms with Crippen molar-refractivity contribution in [3.8, 4) is 0 Å². The van der Waals surface area contributed by atoms with Crippen molar-refractivity contribution in [2.45, 2.75) is 45.4 Å². The normalized spacial score (nSPS) is 11.9. The fourth-order valence-electron chi connectivity index (χ4n) is 1.48. The first-order valence-electron chi connectivity index (χ1n) is 6.57. The van der Waals surface area contributed by atoms with E-state index in [1.165, 1.54) is 18.9 Å². The van der Waals surface area contributed by atoms with Crippen LogP contribution in [-0.2, 0) is 16.1 Å². The highest BCUT2D eigenvalue weighted by atomic mass is 32.2. The van der Waals surface area contributed by atoms with E-state index in [9.17, 15) is 4.79 Å². The molecule has 0 aliphatic carbocycles. The highest BCUT2D eigenvalue weighted by Gasteiger charge is 2.29. The molecule has 0 aliphatic rings. The number of nitrogens with zero attached hydrogens (tertiary/aromatic N) is 4. The second-order valence-corrected chi connectivity index (χ2v) is 6.40. The molecule has 0 amide bonds. The summed E-state index contributed by atoms with van der Waals surface area (Å²) < 4.78 is 6.53. The fourth-order valence-corrected chi connectivity index (χ4v) is 2.46. The Labute approximate surface area is 123 Å². The summed E-state index contributed by atoms with van der Waals surface area (Å²) in [5.41, 5.74) is -0.563. The average Bonchev–Trinajstić information content (AvgIpc) is 2.82. The predicted molar refractivity (Wildman–Crippen MR) is 77.5 cm³/mol. The first kappa shape index (κ1) is 16.9. The number of rotatable bonds is 8. The van der Waals surface area contributed by atoms with Crippen LogP contribution in [0.4, 0.5) is 0 Å². The van der Waals surface area contributed by atoms with Gasteiger partial charge in [0.05, 0.1) is 19.1 Å². The van der Waals surface area contributed by atoms with E-state index < -0.39 is 5.41 Å². The van der Waals surface area contributed by atoms with Gasteiger partial charge in [0, 0.05) is 18.3 Å². The molecule has 0 aromatic carbocycles. The highest BCUT2D eigenvalue weighted by Crippen LogP contribution is 2.27. The number of hydrogen-bond acceptors (Lipinski definition) is 7. The molecule has 1 rings (SSSR count). The number of esters is 1.